The van der Waals surface area contributed by atoms with Gasteiger partial charge in [-0.15, -0.1) is 0 Å². The number of amides is 1. The predicted octanol–water partition coefficient (Wildman–Crippen LogP) is 3.59. The van der Waals surface area contributed by atoms with E-state index in [0.717, 1.165) is 5.56 Å². The number of hydrogen-bond donors (Lipinski definition) is 1. The Morgan fingerprint density at radius 1 is 1.14 bits per heavy atom. The molecular weight excluding hydrogens is 359 g/mol. The van der Waals surface area contributed by atoms with Crippen molar-refractivity contribution < 1.29 is 18.7 Å². The molecule has 28 heavy (non-hydrogen) atoms. The number of benzene rings is 2. The summed E-state index contributed by atoms with van der Waals surface area (Å²) >= 11 is 0. The minimum Gasteiger partial charge on any atom is -0.464 e. The first-order valence-corrected chi connectivity index (χ1v) is 9.06. The van der Waals surface area contributed by atoms with Crippen LogP contribution < -0.4 is 5.32 Å². The molecule has 1 aromatic heterocycles. The van der Waals surface area contributed by atoms with Gasteiger partial charge in [0.25, 0.3) is 5.91 Å². The maximum Gasteiger partial charge on any atom is 0.328 e. The highest BCUT2D eigenvalue weighted by Gasteiger charge is 2.24. The van der Waals surface area contributed by atoms with Gasteiger partial charge in [-0.3, -0.25) is 9.78 Å². The van der Waals surface area contributed by atoms with Crippen LogP contribution in [0.4, 0.5) is 4.39 Å². The van der Waals surface area contributed by atoms with Crippen LogP contribution in [0.3, 0.4) is 0 Å². The highest BCUT2D eigenvalue weighted by Crippen LogP contribution is 2.20. The fourth-order valence-corrected chi connectivity index (χ4v) is 3.04. The van der Waals surface area contributed by atoms with Gasteiger partial charge in [0.1, 0.15) is 11.9 Å². The minimum atomic E-state index is -0.834. The van der Waals surface area contributed by atoms with E-state index < -0.39 is 23.7 Å². The molecule has 1 atom stereocenters. The lowest BCUT2D eigenvalue weighted by molar-refractivity contribution is -0.145. The lowest BCUT2D eigenvalue weighted by Crippen LogP contribution is -2.43. The molecule has 3 aromatic rings. The number of carbonyl (C=O) groups is 2. The summed E-state index contributed by atoms with van der Waals surface area (Å²) < 4.78 is 18.7. The van der Waals surface area contributed by atoms with Gasteiger partial charge in [0, 0.05) is 23.6 Å². The Bertz CT molecular complexity index is 1000. The van der Waals surface area contributed by atoms with Gasteiger partial charge in [0.2, 0.25) is 0 Å². The van der Waals surface area contributed by atoms with Gasteiger partial charge in [-0.2, -0.15) is 0 Å². The Hall–Kier alpha value is -3.28. The molecule has 1 amide bonds. The Labute approximate surface area is 162 Å². The number of aryl methyl sites for hydroxylation is 1. The average Bonchev–Trinajstić information content (AvgIpc) is 2.67. The van der Waals surface area contributed by atoms with Crippen LogP contribution in [0, 0.1) is 12.7 Å². The molecule has 0 radical (unpaired) electrons. The maximum atomic E-state index is 13.5. The topological polar surface area (TPSA) is 68.3 Å². The number of nitrogens with zero attached hydrogens (tertiary/aromatic N) is 1. The second-order valence-corrected chi connectivity index (χ2v) is 6.44. The van der Waals surface area contributed by atoms with Crippen molar-refractivity contribution in [2.24, 2.45) is 0 Å². The average molecular weight is 380 g/mol. The number of pyridine rings is 1. The van der Waals surface area contributed by atoms with Crippen molar-refractivity contribution in [1.29, 1.82) is 0 Å². The molecule has 0 bridgehead atoms. The Balaban J connectivity index is 1.91. The first-order valence-electron chi connectivity index (χ1n) is 9.06. The quantitative estimate of drug-likeness (QED) is 0.664. The zero-order valence-electron chi connectivity index (χ0n) is 15.7. The van der Waals surface area contributed by atoms with Crippen molar-refractivity contribution in [3.05, 3.63) is 77.2 Å². The third-order valence-electron chi connectivity index (χ3n) is 4.30. The summed E-state index contributed by atoms with van der Waals surface area (Å²) in [5.74, 6) is -1.36. The van der Waals surface area contributed by atoms with Gasteiger partial charge in [0.05, 0.1) is 17.7 Å². The number of esters is 1. The molecule has 0 saturated carbocycles. The van der Waals surface area contributed by atoms with Crippen molar-refractivity contribution >= 4 is 22.8 Å². The van der Waals surface area contributed by atoms with E-state index >= 15 is 0 Å². The number of carbonyl (C=O) groups excluding carboxylic acids is 2. The molecule has 5 nitrogen and oxygen atoms in total. The van der Waals surface area contributed by atoms with Gasteiger partial charge in [-0.25, -0.2) is 9.18 Å². The van der Waals surface area contributed by atoms with Gasteiger partial charge in [-0.05, 0) is 37.6 Å². The van der Waals surface area contributed by atoms with E-state index in [1.54, 1.807) is 19.9 Å². The van der Waals surface area contributed by atoms with Crippen LogP contribution in [0.25, 0.3) is 10.9 Å². The SMILES string of the molecule is CCOC(=O)C(Cc1ccccc1)NC(=O)c1cc(C)nc2cc(F)ccc12. The predicted molar refractivity (Wildman–Crippen MR) is 104 cm³/mol. The molecular formula is C22H21FN2O3. The Morgan fingerprint density at radius 2 is 1.89 bits per heavy atom. The van der Waals surface area contributed by atoms with E-state index in [-0.39, 0.29) is 6.61 Å². The van der Waals surface area contributed by atoms with Crippen molar-refractivity contribution in [2.75, 3.05) is 6.61 Å². The third kappa shape index (κ3) is 4.52. The highest BCUT2D eigenvalue weighted by molar-refractivity contribution is 6.07. The van der Waals surface area contributed by atoms with Crippen molar-refractivity contribution in [1.82, 2.24) is 10.3 Å². The summed E-state index contributed by atoms with van der Waals surface area (Å²) in [6.07, 6.45) is 0.308. The molecule has 0 spiro atoms. The monoisotopic (exact) mass is 380 g/mol. The summed E-state index contributed by atoms with van der Waals surface area (Å²) in [4.78, 5) is 29.6. The Kier molecular flexibility index (Phi) is 5.99. The molecule has 1 heterocycles. The van der Waals surface area contributed by atoms with Gasteiger partial charge in [-0.1, -0.05) is 30.3 Å². The molecule has 0 fully saturated rings. The van der Waals surface area contributed by atoms with Crippen LogP contribution in [0.15, 0.2) is 54.6 Å². The van der Waals surface area contributed by atoms with Crippen LogP contribution in [0.2, 0.25) is 0 Å². The molecule has 3 rings (SSSR count). The Morgan fingerprint density at radius 3 is 2.61 bits per heavy atom. The number of fused-ring (bicyclic) bond motifs is 1. The van der Waals surface area contributed by atoms with E-state index in [9.17, 15) is 14.0 Å². The lowest BCUT2D eigenvalue weighted by atomic mass is 10.0. The molecule has 1 N–H and O–H groups in total. The van der Waals surface area contributed by atoms with Crippen molar-refractivity contribution in [2.45, 2.75) is 26.3 Å². The molecule has 0 aliphatic carbocycles. The fourth-order valence-electron chi connectivity index (χ4n) is 3.04. The molecule has 0 aliphatic rings. The summed E-state index contributed by atoms with van der Waals surface area (Å²) in [5.41, 5.74) is 2.21. The van der Waals surface area contributed by atoms with Gasteiger partial charge < -0.3 is 10.1 Å². The summed E-state index contributed by atoms with van der Waals surface area (Å²) in [6.45, 7) is 3.66. The van der Waals surface area contributed by atoms with E-state index in [0.29, 0.717) is 28.6 Å². The molecule has 2 aromatic carbocycles. The van der Waals surface area contributed by atoms with Gasteiger partial charge >= 0.3 is 5.97 Å². The minimum absolute atomic E-state index is 0.219. The standard InChI is InChI=1S/C22H21FN2O3/c1-3-28-22(27)20(12-15-7-5-4-6-8-15)25-21(26)18-11-14(2)24-19-13-16(23)9-10-17(18)19/h4-11,13,20H,3,12H2,1-2H3,(H,25,26). The van der Waals surface area contributed by atoms with E-state index in [1.807, 2.05) is 30.3 Å². The maximum absolute atomic E-state index is 13.5. The zero-order chi connectivity index (χ0) is 20.1. The fraction of sp³-hybridized carbons (Fsp3) is 0.227. The van der Waals surface area contributed by atoms with Crippen LogP contribution in [0.1, 0.15) is 28.5 Å². The third-order valence-corrected chi connectivity index (χ3v) is 4.30. The smallest absolute Gasteiger partial charge is 0.328 e. The van der Waals surface area contributed by atoms with Crippen LogP contribution >= 0.6 is 0 Å². The first kappa shape index (κ1) is 19.5. The molecule has 144 valence electrons. The van der Waals surface area contributed by atoms with Crippen LogP contribution in [-0.2, 0) is 16.0 Å². The summed E-state index contributed by atoms with van der Waals surface area (Å²) in [7, 11) is 0. The van der Waals surface area contributed by atoms with Crippen LogP contribution in [-0.4, -0.2) is 29.5 Å². The highest BCUT2D eigenvalue weighted by atomic mass is 19.1. The second kappa shape index (κ2) is 8.61. The molecule has 6 heteroatoms. The van der Waals surface area contributed by atoms with Crippen molar-refractivity contribution in [3.8, 4) is 0 Å². The zero-order valence-corrected chi connectivity index (χ0v) is 15.7. The number of ether oxygens (including phenoxy) is 1. The molecule has 0 saturated heterocycles. The number of hydrogen-bond acceptors (Lipinski definition) is 4. The second-order valence-electron chi connectivity index (χ2n) is 6.44. The number of aromatic nitrogens is 1. The molecule has 0 aliphatic heterocycles. The van der Waals surface area contributed by atoms with Crippen LogP contribution in [0.5, 0.6) is 0 Å². The van der Waals surface area contributed by atoms with Gasteiger partial charge in [0.15, 0.2) is 0 Å². The molecule has 1 unspecified atom stereocenters. The normalized spacial score (nSPS) is 11.8. The number of halogens is 1. The summed E-state index contributed by atoms with van der Waals surface area (Å²) in [6, 6.07) is 14.3. The first-order chi connectivity index (χ1) is 13.5. The largest absolute Gasteiger partial charge is 0.464 e. The van der Waals surface area contributed by atoms with E-state index in [4.69, 9.17) is 4.74 Å². The van der Waals surface area contributed by atoms with E-state index in [2.05, 4.69) is 10.3 Å². The summed E-state index contributed by atoms with van der Waals surface area (Å²) in [5, 5.41) is 3.29. The van der Waals surface area contributed by atoms with Crippen molar-refractivity contribution in [3.63, 3.8) is 0 Å². The lowest BCUT2D eigenvalue weighted by Gasteiger charge is -2.18. The number of rotatable bonds is 6. The number of nitrogens with one attached hydrogen (secondary N) is 1. The van der Waals surface area contributed by atoms with E-state index in [1.165, 1.54) is 18.2 Å².